The van der Waals surface area contributed by atoms with Crippen molar-refractivity contribution < 1.29 is 4.79 Å². The number of carbonyl (C=O) groups excluding carboxylic acids is 1. The Hall–Kier alpha value is 1.39. The average molecular weight is 240 g/mol. The molecule has 1 aliphatic carbocycles. The molecule has 0 saturated heterocycles. The molecule has 1 nitrogen and oxygen atoms in total. The lowest BCUT2D eigenvalue weighted by atomic mass is 9.89. The molecule has 70 valence electrons. The maximum absolute atomic E-state index is 11.1. The highest BCUT2D eigenvalue weighted by Crippen LogP contribution is 2.71. The zero-order valence-corrected chi connectivity index (χ0v) is 11.5. The molecule has 1 aliphatic rings. The normalized spacial score (nSPS) is 34.4. The smallest absolute Gasteiger partial charge is 0.133 e. The number of carbonyl (C=O) groups is 1. The Kier molecular flexibility index (Phi) is 5.08. The molecule has 5 heteroatoms. The van der Waals surface area contributed by atoms with Crippen molar-refractivity contribution >= 4 is 38.9 Å². The standard InChI is InChI=1S/C7H16OP4/c1-5-4-6(8)2-3-7(5)12(10)11-9/h5,7,11H,2-4,9-10H2,1H3. The molecule has 0 N–H and O–H groups in total. The number of rotatable bonds is 2. The highest BCUT2D eigenvalue weighted by Gasteiger charge is 2.29. The first-order chi connectivity index (χ1) is 5.65. The van der Waals surface area contributed by atoms with E-state index in [1.54, 1.807) is 0 Å². The Morgan fingerprint density at radius 2 is 2.33 bits per heavy atom. The summed E-state index contributed by atoms with van der Waals surface area (Å²) >= 11 is 0. The molecule has 0 bridgehead atoms. The van der Waals surface area contributed by atoms with E-state index < -0.39 is 0 Å². The van der Waals surface area contributed by atoms with E-state index >= 15 is 0 Å². The quantitative estimate of drug-likeness (QED) is 0.676. The third-order valence-electron chi connectivity index (χ3n) is 2.43. The van der Waals surface area contributed by atoms with Gasteiger partial charge in [0, 0.05) is 12.8 Å². The van der Waals surface area contributed by atoms with E-state index in [0.717, 1.165) is 32.9 Å². The van der Waals surface area contributed by atoms with Crippen LogP contribution in [0.2, 0.25) is 0 Å². The minimum absolute atomic E-state index is 0.100. The summed E-state index contributed by atoms with van der Waals surface area (Å²) in [6.45, 7) is 2.23. The zero-order chi connectivity index (χ0) is 9.14. The van der Waals surface area contributed by atoms with E-state index in [9.17, 15) is 4.79 Å². The Balaban J connectivity index is 2.50. The van der Waals surface area contributed by atoms with Crippen LogP contribution in [0.15, 0.2) is 0 Å². The Labute approximate surface area is 81.8 Å². The van der Waals surface area contributed by atoms with Gasteiger partial charge in [-0.15, -0.1) is 17.9 Å². The SMILES string of the molecule is CC1CC(=O)CCC1P(P)PP. The van der Waals surface area contributed by atoms with Crippen LogP contribution in [0.25, 0.3) is 0 Å². The topological polar surface area (TPSA) is 17.1 Å². The molecule has 12 heavy (non-hydrogen) atoms. The van der Waals surface area contributed by atoms with Crippen LogP contribution in [0.1, 0.15) is 26.2 Å². The van der Waals surface area contributed by atoms with Gasteiger partial charge in [0.25, 0.3) is 0 Å². The van der Waals surface area contributed by atoms with Gasteiger partial charge in [-0.05, 0) is 18.0 Å². The van der Waals surface area contributed by atoms with E-state index in [2.05, 4.69) is 24.8 Å². The van der Waals surface area contributed by atoms with E-state index in [-0.39, 0.29) is 7.30 Å². The fourth-order valence-corrected chi connectivity index (χ4v) is 7.73. The summed E-state index contributed by atoms with van der Waals surface area (Å²) in [5, 5.41) is 0. The maximum atomic E-state index is 11.1. The van der Waals surface area contributed by atoms with Crippen LogP contribution in [0.4, 0.5) is 0 Å². The Bertz CT molecular complexity index is 173. The van der Waals surface area contributed by atoms with Crippen LogP contribution in [0.3, 0.4) is 0 Å². The molecule has 0 radical (unpaired) electrons. The van der Waals surface area contributed by atoms with E-state index in [1.807, 2.05) is 0 Å². The van der Waals surface area contributed by atoms with Crippen LogP contribution in [0.5, 0.6) is 0 Å². The number of hydrogen-bond acceptors (Lipinski definition) is 1. The fraction of sp³-hybridized carbons (Fsp3) is 0.857. The first-order valence-electron chi connectivity index (χ1n) is 4.17. The fourth-order valence-electron chi connectivity index (χ4n) is 1.70. The van der Waals surface area contributed by atoms with Crippen molar-refractivity contribution in [2.45, 2.75) is 31.8 Å². The largest absolute Gasteiger partial charge is 0.300 e. The minimum Gasteiger partial charge on any atom is -0.300 e. The van der Waals surface area contributed by atoms with Gasteiger partial charge in [0.2, 0.25) is 0 Å². The summed E-state index contributed by atoms with van der Waals surface area (Å²) in [5.74, 6) is 1.10. The van der Waals surface area contributed by atoms with Crippen molar-refractivity contribution in [3.05, 3.63) is 0 Å². The summed E-state index contributed by atoms with van der Waals surface area (Å²) in [6.07, 6.45) is 2.79. The highest BCUT2D eigenvalue weighted by atomic mass is 32.6. The first-order valence-corrected chi connectivity index (χ1v) is 10.8. The predicted molar refractivity (Wildman–Crippen MR) is 66.5 cm³/mol. The first kappa shape index (κ1) is 11.5. The van der Waals surface area contributed by atoms with E-state index in [0.29, 0.717) is 11.7 Å². The lowest BCUT2D eigenvalue weighted by Gasteiger charge is -2.32. The van der Waals surface area contributed by atoms with Crippen molar-refractivity contribution in [3.63, 3.8) is 0 Å². The second-order valence-electron chi connectivity index (χ2n) is 3.36. The van der Waals surface area contributed by atoms with Crippen LogP contribution in [-0.2, 0) is 4.79 Å². The van der Waals surface area contributed by atoms with E-state index in [1.165, 1.54) is 0 Å². The number of Topliss-reactive ketones (excluding diaryl/α,β-unsaturated/α-hetero) is 1. The minimum atomic E-state index is 0.100. The van der Waals surface area contributed by atoms with Gasteiger partial charge in [-0.1, -0.05) is 22.2 Å². The molecule has 0 aromatic heterocycles. The van der Waals surface area contributed by atoms with E-state index in [4.69, 9.17) is 0 Å². The molecular weight excluding hydrogens is 224 g/mol. The number of hydrogen-bond donors (Lipinski definition) is 0. The average Bonchev–Trinajstić information content (AvgIpc) is 2.03. The highest BCUT2D eigenvalue weighted by molar-refractivity contribution is 8.61. The lowest BCUT2D eigenvalue weighted by Crippen LogP contribution is -2.24. The lowest BCUT2D eigenvalue weighted by molar-refractivity contribution is -0.121. The summed E-state index contributed by atoms with van der Waals surface area (Å²) in [6, 6.07) is 0. The van der Waals surface area contributed by atoms with Gasteiger partial charge in [0.1, 0.15) is 5.78 Å². The molecule has 0 spiro atoms. The second-order valence-corrected chi connectivity index (χ2v) is 13.0. The van der Waals surface area contributed by atoms with Gasteiger partial charge < -0.3 is 0 Å². The van der Waals surface area contributed by atoms with Crippen molar-refractivity contribution in [2.24, 2.45) is 5.92 Å². The Morgan fingerprint density at radius 3 is 2.83 bits per heavy atom. The number of ketones is 1. The van der Waals surface area contributed by atoms with Crippen molar-refractivity contribution in [1.29, 1.82) is 0 Å². The van der Waals surface area contributed by atoms with Crippen molar-refractivity contribution in [1.82, 2.24) is 0 Å². The second kappa shape index (κ2) is 5.32. The van der Waals surface area contributed by atoms with Crippen LogP contribution in [-0.4, -0.2) is 11.4 Å². The molecule has 6 unspecified atom stereocenters. The monoisotopic (exact) mass is 240 g/mol. The van der Waals surface area contributed by atoms with Crippen molar-refractivity contribution in [3.8, 4) is 0 Å². The molecule has 1 fully saturated rings. The molecule has 6 atom stereocenters. The molecule has 1 rings (SSSR count). The summed E-state index contributed by atoms with van der Waals surface area (Å²) < 4.78 is 0. The van der Waals surface area contributed by atoms with Gasteiger partial charge in [-0.25, -0.2) is 0 Å². The van der Waals surface area contributed by atoms with Gasteiger partial charge in [0.15, 0.2) is 0 Å². The summed E-state index contributed by atoms with van der Waals surface area (Å²) in [7, 11) is 6.90. The van der Waals surface area contributed by atoms with Gasteiger partial charge in [-0.2, -0.15) is 0 Å². The van der Waals surface area contributed by atoms with Gasteiger partial charge in [-0.3, -0.25) is 4.79 Å². The zero-order valence-electron chi connectivity index (χ0n) is 7.29. The van der Waals surface area contributed by atoms with Crippen LogP contribution < -0.4 is 0 Å². The van der Waals surface area contributed by atoms with Gasteiger partial charge >= 0.3 is 0 Å². The molecule has 0 aromatic carbocycles. The maximum Gasteiger partial charge on any atom is 0.133 e. The van der Waals surface area contributed by atoms with Gasteiger partial charge in [0.05, 0.1) is 0 Å². The van der Waals surface area contributed by atoms with Crippen LogP contribution in [0, 0.1) is 5.92 Å². The molecule has 1 saturated carbocycles. The molecular formula is C7H16OP4. The predicted octanol–water partition coefficient (Wildman–Crippen LogP) is 3.40. The molecule has 0 heterocycles. The summed E-state index contributed by atoms with van der Waals surface area (Å²) in [5.41, 5.74) is 0.818. The Morgan fingerprint density at radius 1 is 1.67 bits per heavy atom. The van der Waals surface area contributed by atoms with Crippen molar-refractivity contribution in [2.75, 3.05) is 0 Å². The third-order valence-corrected chi connectivity index (χ3v) is 14.0. The summed E-state index contributed by atoms with van der Waals surface area (Å²) in [4.78, 5) is 11.1. The van der Waals surface area contributed by atoms with Crippen LogP contribution >= 0.6 is 33.1 Å². The molecule has 0 aliphatic heterocycles. The molecule has 0 amide bonds. The molecule has 0 aromatic rings. The third kappa shape index (κ3) is 2.96.